The molecule has 0 saturated heterocycles. The van der Waals surface area contributed by atoms with Gasteiger partial charge in [0.25, 0.3) is 0 Å². The highest BCUT2D eigenvalue weighted by molar-refractivity contribution is 8.03. The van der Waals surface area contributed by atoms with E-state index >= 15 is 0 Å². The molecule has 1 aliphatic heterocycles. The van der Waals surface area contributed by atoms with E-state index in [2.05, 4.69) is 16.7 Å². The van der Waals surface area contributed by atoms with E-state index in [9.17, 15) is 19.6 Å². The van der Waals surface area contributed by atoms with Gasteiger partial charge in [0.05, 0.1) is 42.2 Å². The third-order valence-electron chi connectivity index (χ3n) is 5.09. The van der Waals surface area contributed by atoms with E-state index in [1.165, 1.54) is 7.11 Å². The van der Waals surface area contributed by atoms with Crippen LogP contribution in [0.2, 0.25) is 0 Å². The number of hydrogen-bond donors (Lipinski definition) is 2. The molecule has 0 aromatic heterocycles. The summed E-state index contributed by atoms with van der Waals surface area (Å²) < 4.78 is 9.81. The predicted octanol–water partition coefficient (Wildman–Crippen LogP) is 2.87. The van der Waals surface area contributed by atoms with Crippen LogP contribution >= 0.6 is 11.8 Å². The normalized spacial score (nSPS) is 15.3. The Morgan fingerprint density at radius 1 is 1.15 bits per heavy atom. The Bertz CT molecular complexity index is 1100. The monoisotopic (exact) mass is 465 g/mol. The van der Waals surface area contributed by atoms with Gasteiger partial charge in [0.15, 0.2) is 0 Å². The fourth-order valence-corrected chi connectivity index (χ4v) is 4.23. The van der Waals surface area contributed by atoms with Gasteiger partial charge in [0.2, 0.25) is 11.8 Å². The maximum atomic E-state index is 12.3. The van der Waals surface area contributed by atoms with Crippen LogP contribution in [0.15, 0.2) is 59.1 Å². The molecule has 8 nitrogen and oxygen atoms in total. The number of ether oxygens (including phenoxy) is 2. The SMILES string of the molecule is COC(=O)c1ccc([C@H]2CC(=O)NC(SCC(=O)NCc3ccc(OC)cc3)=C2C#N)cc1. The molecule has 2 aromatic rings. The van der Waals surface area contributed by atoms with E-state index in [-0.39, 0.29) is 24.0 Å². The first-order chi connectivity index (χ1) is 15.9. The Hall–Kier alpha value is -3.77. The van der Waals surface area contributed by atoms with E-state index in [0.29, 0.717) is 22.7 Å². The van der Waals surface area contributed by atoms with Crippen LogP contribution in [0, 0.1) is 11.3 Å². The molecule has 2 N–H and O–H groups in total. The van der Waals surface area contributed by atoms with Gasteiger partial charge >= 0.3 is 5.97 Å². The summed E-state index contributed by atoms with van der Waals surface area (Å²) in [6.07, 6.45) is 0.105. The number of carbonyl (C=O) groups excluding carboxylic acids is 3. The molecule has 2 amide bonds. The molecule has 170 valence electrons. The fourth-order valence-electron chi connectivity index (χ4n) is 3.32. The first-order valence-corrected chi connectivity index (χ1v) is 11.1. The lowest BCUT2D eigenvalue weighted by Gasteiger charge is -2.25. The molecule has 1 aliphatic rings. The molecule has 1 atom stereocenters. The smallest absolute Gasteiger partial charge is 0.337 e. The van der Waals surface area contributed by atoms with E-state index in [1.54, 1.807) is 31.4 Å². The van der Waals surface area contributed by atoms with E-state index in [4.69, 9.17) is 9.47 Å². The lowest BCUT2D eigenvalue weighted by Crippen LogP contribution is -2.32. The Kier molecular flexibility index (Phi) is 8.11. The fraction of sp³-hybridized carbons (Fsp3) is 0.250. The predicted molar refractivity (Wildman–Crippen MR) is 123 cm³/mol. The second-order valence-electron chi connectivity index (χ2n) is 7.19. The standard InChI is InChI=1S/C24H23N3O5S/c1-31-18-9-3-15(4-10-18)13-26-22(29)14-33-23-20(12-25)19(11-21(28)27-23)16-5-7-17(8-6-16)24(30)32-2/h3-10,19H,11,13-14H2,1-2H3,(H,26,29)(H,27,28)/t19-/m1/s1. The number of allylic oxidation sites excluding steroid dienone is 1. The topological polar surface area (TPSA) is 118 Å². The van der Waals surface area contributed by atoms with Crippen molar-refractivity contribution in [2.24, 2.45) is 0 Å². The zero-order valence-corrected chi connectivity index (χ0v) is 19.0. The number of methoxy groups -OCH3 is 2. The highest BCUT2D eigenvalue weighted by Crippen LogP contribution is 2.36. The zero-order chi connectivity index (χ0) is 23.8. The summed E-state index contributed by atoms with van der Waals surface area (Å²) in [5.74, 6) is -0.600. The molecule has 3 rings (SSSR count). The van der Waals surface area contributed by atoms with Gasteiger partial charge in [0, 0.05) is 18.9 Å². The van der Waals surface area contributed by atoms with Gasteiger partial charge in [-0.25, -0.2) is 4.79 Å². The van der Waals surface area contributed by atoms with Crippen molar-refractivity contribution in [1.29, 1.82) is 5.26 Å². The molecule has 1 heterocycles. The summed E-state index contributed by atoms with van der Waals surface area (Å²) in [7, 11) is 2.89. The van der Waals surface area contributed by atoms with Crippen molar-refractivity contribution < 1.29 is 23.9 Å². The van der Waals surface area contributed by atoms with Crippen LogP contribution in [0.5, 0.6) is 5.75 Å². The van der Waals surface area contributed by atoms with Crippen molar-refractivity contribution in [3.63, 3.8) is 0 Å². The summed E-state index contributed by atoms with van der Waals surface area (Å²) in [6.45, 7) is 0.356. The van der Waals surface area contributed by atoms with Crippen molar-refractivity contribution in [2.45, 2.75) is 18.9 Å². The zero-order valence-electron chi connectivity index (χ0n) is 18.2. The number of carbonyl (C=O) groups is 3. The number of thioether (sulfide) groups is 1. The summed E-state index contributed by atoms with van der Waals surface area (Å²) in [6, 6.07) is 16.1. The third-order valence-corrected chi connectivity index (χ3v) is 6.10. The van der Waals surface area contributed by atoms with Gasteiger partial charge in [0.1, 0.15) is 5.75 Å². The molecule has 0 fully saturated rings. The van der Waals surface area contributed by atoms with Gasteiger partial charge < -0.3 is 20.1 Å². The molecule has 0 bridgehead atoms. The molecule has 2 aromatic carbocycles. The summed E-state index contributed by atoms with van der Waals surface area (Å²) in [5, 5.41) is 15.7. The first kappa shape index (κ1) is 23.9. The van der Waals surface area contributed by atoms with E-state index in [1.807, 2.05) is 24.3 Å². The molecule has 0 spiro atoms. The Morgan fingerprint density at radius 2 is 1.85 bits per heavy atom. The molecule has 9 heteroatoms. The minimum atomic E-state index is -0.462. The Morgan fingerprint density at radius 3 is 2.45 bits per heavy atom. The van der Waals surface area contributed by atoms with Gasteiger partial charge in [-0.1, -0.05) is 36.0 Å². The number of nitrogens with zero attached hydrogens (tertiary/aromatic N) is 1. The van der Waals surface area contributed by atoms with Crippen LogP contribution in [-0.4, -0.2) is 37.8 Å². The van der Waals surface area contributed by atoms with E-state index in [0.717, 1.165) is 28.6 Å². The second-order valence-corrected chi connectivity index (χ2v) is 8.17. The Labute approximate surface area is 195 Å². The number of amides is 2. The van der Waals surface area contributed by atoms with Crippen LogP contribution in [0.1, 0.15) is 33.8 Å². The molecule has 0 radical (unpaired) electrons. The van der Waals surface area contributed by atoms with Crippen molar-refractivity contribution >= 4 is 29.5 Å². The lowest BCUT2D eigenvalue weighted by atomic mass is 9.87. The average molecular weight is 466 g/mol. The maximum absolute atomic E-state index is 12.3. The number of esters is 1. The number of nitrogens with one attached hydrogen (secondary N) is 2. The van der Waals surface area contributed by atoms with Gasteiger partial charge in [-0.15, -0.1) is 0 Å². The highest BCUT2D eigenvalue weighted by Gasteiger charge is 2.30. The molecule has 33 heavy (non-hydrogen) atoms. The highest BCUT2D eigenvalue weighted by atomic mass is 32.2. The minimum absolute atomic E-state index is 0.0466. The number of hydrogen-bond acceptors (Lipinski definition) is 7. The lowest BCUT2D eigenvalue weighted by molar-refractivity contribution is -0.121. The molecule has 0 aliphatic carbocycles. The van der Waals surface area contributed by atoms with Crippen LogP contribution < -0.4 is 15.4 Å². The molecule has 0 saturated carbocycles. The van der Waals surface area contributed by atoms with Crippen LogP contribution in [0.3, 0.4) is 0 Å². The van der Waals surface area contributed by atoms with Crippen LogP contribution in [0.4, 0.5) is 0 Å². The van der Waals surface area contributed by atoms with Crippen molar-refractivity contribution in [2.75, 3.05) is 20.0 Å². The molecule has 0 unspecified atom stereocenters. The molecular formula is C24H23N3O5S. The maximum Gasteiger partial charge on any atom is 0.337 e. The second kappa shape index (κ2) is 11.2. The Balaban J connectivity index is 1.66. The summed E-state index contributed by atoms with van der Waals surface area (Å²) in [4.78, 5) is 36.3. The quantitative estimate of drug-likeness (QED) is 0.576. The van der Waals surface area contributed by atoms with Crippen molar-refractivity contribution in [1.82, 2.24) is 10.6 Å². The third kappa shape index (κ3) is 6.14. The average Bonchev–Trinajstić information content (AvgIpc) is 2.85. The number of benzene rings is 2. The minimum Gasteiger partial charge on any atom is -0.497 e. The van der Waals surface area contributed by atoms with Crippen LogP contribution in [0.25, 0.3) is 0 Å². The molecular weight excluding hydrogens is 442 g/mol. The van der Waals surface area contributed by atoms with Crippen molar-refractivity contribution in [3.8, 4) is 11.8 Å². The first-order valence-electron chi connectivity index (χ1n) is 10.1. The summed E-state index contributed by atoms with van der Waals surface area (Å²) in [5.41, 5.74) is 2.42. The van der Waals surface area contributed by atoms with Gasteiger partial charge in [-0.3, -0.25) is 9.59 Å². The largest absolute Gasteiger partial charge is 0.497 e. The summed E-state index contributed by atoms with van der Waals surface area (Å²) >= 11 is 1.11. The van der Waals surface area contributed by atoms with Crippen molar-refractivity contribution in [3.05, 3.63) is 75.8 Å². The van der Waals surface area contributed by atoms with Crippen LogP contribution in [-0.2, 0) is 20.9 Å². The number of rotatable bonds is 8. The number of nitriles is 1. The van der Waals surface area contributed by atoms with Gasteiger partial charge in [-0.05, 0) is 35.4 Å². The van der Waals surface area contributed by atoms with Gasteiger partial charge in [-0.2, -0.15) is 5.26 Å². The van der Waals surface area contributed by atoms with E-state index < -0.39 is 11.9 Å².